The maximum absolute atomic E-state index is 11.7. The molecule has 0 bridgehead atoms. The van der Waals surface area contributed by atoms with Crippen LogP contribution in [0.5, 0.6) is 5.75 Å². The van der Waals surface area contributed by atoms with Crippen LogP contribution in [-0.2, 0) is 4.79 Å². The highest BCUT2D eigenvalue weighted by atomic mass is 35.5. The summed E-state index contributed by atoms with van der Waals surface area (Å²) in [6.07, 6.45) is 0. The molecular weight excluding hydrogens is 299 g/mol. The highest BCUT2D eigenvalue weighted by molar-refractivity contribution is 6.35. The van der Waals surface area contributed by atoms with Crippen LogP contribution >= 0.6 is 23.2 Å². The second kappa shape index (κ2) is 8.35. The van der Waals surface area contributed by atoms with Crippen molar-refractivity contribution >= 4 is 29.1 Å². The van der Waals surface area contributed by atoms with Crippen molar-refractivity contribution in [2.24, 2.45) is 5.92 Å². The monoisotopic (exact) mass is 318 g/mol. The van der Waals surface area contributed by atoms with Crippen LogP contribution in [0.1, 0.15) is 6.92 Å². The normalized spacial score (nSPS) is 12.3. The summed E-state index contributed by atoms with van der Waals surface area (Å²) in [6.45, 7) is 3.56. The van der Waals surface area contributed by atoms with Gasteiger partial charge in [0.1, 0.15) is 5.75 Å². The Morgan fingerprint density at radius 1 is 1.40 bits per heavy atom. The average Bonchev–Trinajstić information content (AvgIpc) is 2.34. The Morgan fingerprint density at radius 2 is 2.10 bits per heavy atom. The third-order valence-electron chi connectivity index (χ3n) is 2.58. The first-order valence-electron chi connectivity index (χ1n) is 6.37. The van der Waals surface area contributed by atoms with Gasteiger partial charge < -0.3 is 15.0 Å². The number of benzene rings is 1. The Kier molecular flexibility index (Phi) is 7.13. The molecule has 1 aromatic carbocycles. The Hall–Kier alpha value is -0.970. The first-order chi connectivity index (χ1) is 9.38. The summed E-state index contributed by atoms with van der Waals surface area (Å²) < 4.78 is 5.35. The summed E-state index contributed by atoms with van der Waals surface area (Å²) in [5.74, 6) is 0.669. The number of hydrogen-bond donors (Lipinski definition) is 1. The lowest BCUT2D eigenvalue weighted by atomic mass is 10.2. The maximum Gasteiger partial charge on any atom is 0.257 e. The molecule has 1 unspecified atom stereocenters. The zero-order valence-electron chi connectivity index (χ0n) is 12.0. The number of carbonyl (C=O) groups is 1. The minimum Gasteiger partial charge on any atom is -0.482 e. The SMILES string of the molecule is CC(CNC(=O)COc1ccc(Cl)cc1Cl)CN(C)C. The molecule has 0 radical (unpaired) electrons. The third-order valence-corrected chi connectivity index (χ3v) is 3.11. The topological polar surface area (TPSA) is 41.6 Å². The van der Waals surface area contributed by atoms with E-state index in [0.717, 1.165) is 6.54 Å². The van der Waals surface area contributed by atoms with Gasteiger partial charge in [-0.1, -0.05) is 30.1 Å². The number of amides is 1. The number of halogens is 2. The molecule has 0 aromatic heterocycles. The number of ether oxygens (including phenoxy) is 1. The van der Waals surface area contributed by atoms with Gasteiger partial charge in [0.05, 0.1) is 5.02 Å². The molecule has 0 aliphatic carbocycles. The molecular formula is C14H20Cl2N2O2. The summed E-state index contributed by atoms with van der Waals surface area (Å²) >= 11 is 11.7. The largest absolute Gasteiger partial charge is 0.482 e. The van der Waals surface area contributed by atoms with Crippen molar-refractivity contribution < 1.29 is 9.53 Å². The van der Waals surface area contributed by atoms with Crippen LogP contribution in [0, 0.1) is 5.92 Å². The lowest BCUT2D eigenvalue weighted by Gasteiger charge is -2.17. The minimum atomic E-state index is -0.165. The van der Waals surface area contributed by atoms with Gasteiger partial charge in [-0.2, -0.15) is 0 Å². The van der Waals surface area contributed by atoms with E-state index in [2.05, 4.69) is 17.1 Å². The van der Waals surface area contributed by atoms with Crippen molar-refractivity contribution in [1.82, 2.24) is 10.2 Å². The Morgan fingerprint density at radius 3 is 2.70 bits per heavy atom. The molecule has 20 heavy (non-hydrogen) atoms. The summed E-state index contributed by atoms with van der Waals surface area (Å²) in [5.41, 5.74) is 0. The van der Waals surface area contributed by atoms with Gasteiger partial charge in [0.15, 0.2) is 6.61 Å². The summed E-state index contributed by atoms with van der Waals surface area (Å²) in [4.78, 5) is 13.8. The van der Waals surface area contributed by atoms with E-state index in [4.69, 9.17) is 27.9 Å². The predicted molar refractivity (Wildman–Crippen MR) is 82.7 cm³/mol. The molecule has 0 fully saturated rings. The highest BCUT2D eigenvalue weighted by Crippen LogP contribution is 2.27. The van der Waals surface area contributed by atoms with E-state index in [1.54, 1.807) is 18.2 Å². The molecule has 0 heterocycles. The first-order valence-corrected chi connectivity index (χ1v) is 7.13. The fraction of sp³-hybridized carbons (Fsp3) is 0.500. The molecule has 1 atom stereocenters. The molecule has 0 saturated heterocycles. The quantitative estimate of drug-likeness (QED) is 0.840. The average molecular weight is 319 g/mol. The van der Waals surface area contributed by atoms with Gasteiger partial charge in [-0.05, 0) is 38.2 Å². The van der Waals surface area contributed by atoms with Crippen molar-refractivity contribution in [3.8, 4) is 5.75 Å². The molecule has 1 aromatic rings. The van der Waals surface area contributed by atoms with Crippen LogP contribution in [0.25, 0.3) is 0 Å². The van der Waals surface area contributed by atoms with Crippen molar-refractivity contribution in [3.05, 3.63) is 28.2 Å². The fourth-order valence-electron chi connectivity index (χ4n) is 1.76. The van der Waals surface area contributed by atoms with Gasteiger partial charge in [0.2, 0.25) is 0 Å². The molecule has 6 heteroatoms. The first kappa shape index (κ1) is 17.1. The van der Waals surface area contributed by atoms with E-state index in [9.17, 15) is 4.79 Å². The van der Waals surface area contributed by atoms with Crippen LogP contribution in [0.4, 0.5) is 0 Å². The second-order valence-corrected chi connectivity index (χ2v) is 5.88. The Bertz CT molecular complexity index is 453. The summed E-state index contributed by atoms with van der Waals surface area (Å²) in [5, 5.41) is 3.76. The maximum atomic E-state index is 11.7. The van der Waals surface area contributed by atoms with Crippen molar-refractivity contribution in [2.45, 2.75) is 6.92 Å². The van der Waals surface area contributed by atoms with E-state index in [1.807, 2.05) is 14.1 Å². The van der Waals surface area contributed by atoms with E-state index < -0.39 is 0 Å². The van der Waals surface area contributed by atoms with Crippen molar-refractivity contribution in [3.63, 3.8) is 0 Å². The van der Waals surface area contributed by atoms with E-state index in [0.29, 0.717) is 28.3 Å². The molecule has 1 rings (SSSR count). The molecule has 1 amide bonds. The van der Waals surface area contributed by atoms with Crippen LogP contribution < -0.4 is 10.1 Å². The number of carbonyl (C=O) groups excluding carboxylic acids is 1. The lowest BCUT2D eigenvalue weighted by Crippen LogP contribution is -2.35. The number of hydrogen-bond acceptors (Lipinski definition) is 3. The van der Waals surface area contributed by atoms with Gasteiger partial charge in [-0.3, -0.25) is 4.79 Å². The van der Waals surface area contributed by atoms with Crippen molar-refractivity contribution in [1.29, 1.82) is 0 Å². The second-order valence-electron chi connectivity index (χ2n) is 5.03. The summed E-state index contributed by atoms with van der Waals surface area (Å²) in [7, 11) is 4.01. The lowest BCUT2D eigenvalue weighted by molar-refractivity contribution is -0.123. The predicted octanol–water partition coefficient (Wildman–Crippen LogP) is 2.69. The van der Waals surface area contributed by atoms with E-state index in [-0.39, 0.29) is 12.5 Å². The third kappa shape index (κ3) is 6.46. The van der Waals surface area contributed by atoms with Gasteiger partial charge in [-0.25, -0.2) is 0 Å². The van der Waals surface area contributed by atoms with Crippen LogP contribution in [0.3, 0.4) is 0 Å². The molecule has 4 nitrogen and oxygen atoms in total. The zero-order valence-corrected chi connectivity index (χ0v) is 13.5. The molecule has 0 spiro atoms. The molecule has 112 valence electrons. The number of rotatable bonds is 7. The zero-order chi connectivity index (χ0) is 15.1. The highest BCUT2D eigenvalue weighted by Gasteiger charge is 2.09. The Balaban J connectivity index is 2.33. The molecule has 0 saturated carbocycles. The Labute approximate surface area is 130 Å². The van der Waals surface area contributed by atoms with Gasteiger partial charge in [-0.15, -0.1) is 0 Å². The number of nitrogens with one attached hydrogen (secondary N) is 1. The van der Waals surface area contributed by atoms with E-state index in [1.165, 1.54) is 0 Å². The molecule has 1 N–H and O–H groups in total. The van der Waals surface area contributed by atoms with E-state index >= 15 is 0 Å². The van der Waals surface area contributed by atoms with Crippen LogP contribution in [0.2, 0.25) is 10.0 Å². The smallest absolute Gasteiger partial charge is 0.257 e. The minimum absolute atomic E-state index is 0.0595. The van der Waals surface area contributed by atoms with Gasteiger partial charge >= 0.3 is 0 Å². The molecule has 0 aliphatic rings. The van der Waals surface area contributed by atoms with Gasteiger partial charge in [0, 0.05) is 18.1 Å². The number of nitrogens with zero attached hydrogens (tertiary/aromatic N) is 1. The van der Waals surface area contributed by atoms with Gasteiger partial charge in [0.25, 0.3) is 5.91 Å². The fourth-order valence-corrected chi connectivity index (χ4v) is 2.23. The summed E-state index contributed by atoms with van der Waals surface area (Å²) in [6, 6.07) is 4.89. The van der Waals surface area contributed by atoms with Crippen LogP contribution in [0.15, 0.2) is 18.2 Å². The van der Waals surface area contributed by atoms with Crippen LogP contribution in [-0.4, -0.2) is 44.6 Å². The standard InChI is InChI=1S/C14H20Cl2N2O2/c1-10(8-18(2)3)7-17-14(19)9-20-13-5-4-11(15)6-12(13)16/h4-6,10H,7-9H2,1-3H3,(H,17,19). The van der Waals surface area contributed by atoms with Crippen molar-refractivity contribution in [2.75, 3.05) is 33.8 Å². The molecule has 0 aliphatic heterocycles.